The molecular weight excluding hydrogens is 272 g/mol. The zero-order chi connectivity index (χ0) is 14.4. The molecular formula is C16H25ClN2O. The van der Waals surface area contributed by atoms with Gasteiger partial charge < -0.3 is 15.0 Å². The van der Waals surface area contributed by atoms with E-state index in [4.69, 9.17) is 16.3 Å². The van der Waals surface area contributed by atoms with Gasteiger partial charge in [0, 0.05) is 18.0 Å². The quantitative estimate of drug-likeness (QED) is 0.780. The van der Waals surface area contributed by atoms with E-state index >= 15 is 0 Å². The first kappa shape index (κ1) is 15.6. The van der Waals surface area contributed by atoms with Gasteiger partial charge in [-0.1, -0.05) is 37.6 Å². The molecule has 1 unspecified atom stereocenters. The Balaban J connectivity index is 1.85. The van der Waals surface area contributed by atoms with Crippen molar-refractivity contribution >= 4 is 11.6 Å². The van der Waals surface area contributed by atoms with Gasteiger partial charge in [-0.05, 0) is 38.7 Å². The summed E-state index contributed by atoms with van der Waals surface area (Å²) < 4.78 is 5.68. The zero-order valence-electron chi connectivity index (χ0n) is 12.5. The molecule has 0 saturated carbocycles. The Morgan fingerprint density at radius 1 is 1.35 bits per heavy atom. The zero-order valence-corrected chi connectivity index (χ0v) is 13.2. The Labute approximate surface area is 127 Å². The Hall–Kier alpha value is -0.770. The first-order valence-electron chi connectivity index (χ1n) is 7.63. The summed E-state index contributed by atoms with van der Waals surface area (Å²) >= 11 is 6.19. The molecule has 1 aliphatic heterocycles. The number of nitrogens with one attached hydrogen (secondary N) is 1. The summed E-state index contributed by atoms with van der Waals surface area (Å²) in [5.74, 6) is 0.863. The molecule has 0 aliphatic carbocycles. The second-order valence-electron chi connectivity index (χ2n) is 5.18. The fourth-order valence-corrected chi connectivity index (χ4v) is 2.95. The van der Waals surface area contributed by atoms with E-state index in [2.05, 4.69) is 30.1 Å². The summed E-state index contributed by atoms with van der Waals surface area (Å²) in [5, 5.41) is 4.36. The van der Waals surface area contributed by atoms with Gasteiger partial charge in [0.05, 0.1) is 11.6 Å². The Morgan fingerprint density at radius 3 is 2.90 bits per heavy atom. The summed E-state index contributed by atoms with van der Waals surface area (Å²) in [4.78, 5) is 2.45. The predicted molar refractivity (Wildman–Crippen MR) is 84.7 cm³/mol. The highest BCUT2D eigenvalue weighted by Crippen LogP contribution is 2.37. The normalized spacial score (nSPS) is 17.9. The van der Waals surface area contributed by atoms with E-state index in [9.17, 15) is 0 Å². The highest BCUT2D eigenvalue weighted by atomic mass is 35.5. The number of hydrogen-bond acceptors (Lipinski definition) is 3. The van der Waals surface area contributed by atoms with Gasteiger partial charge in [-0.3, -0.25) is 0 Å². The van der Waals surface area contributed by atoms with Crippen LogP contribution < -0.4 is 10.1 Å². The maximum Gasteiger partial charge on any atom is 0.142 e. The Bertz CT molecular complexity index is 421. The van der Waals surface area contributed by atoms with Crippen molar-refractivity contribution in [1.29, 1.82) is 0 Å². The summed E-state index contributed by atoms with van der Waals surface area (Å²) in [6.45, 7) is 9.63. The van der Waals surface area contributed by atoms with Crippen LogP contribution in [0, 0.1) is 0 Å². The number of benzene rings is 1. The summed E-state index contributed by atoms with van der Waals surface area (Å²) in [6, 6.07) is 6.38. The third-order valence-electron chi connectivity index (χ3n) is 3.96. The largest absolute Gasteiger partial charge is 0.492 e. The number of halogens is 1. The molecule has 0 fully saturated rings. The van der Waals surface area contributed by atoms with Crippen molar-refractivity contribution in [3.63, 3.8) is 0 Å². The van der Waals surface area contributed by atoms with E-state index in [-0.39, 0.29) is 0 Å². The van der Waals surface area contributed by atoms with Crippen LogP contribution in [0.2, 0.25) is 5.02 Å². The molecule has 0 radical (unpaired) electrons. The van der Waals surface area contributed by atoms with Crippen LogP contribution in [0.25, 0.3) is 0 Å². The molecule has 1 aliphatic rings. The van der Waals surface area contributed by atoms with E-state index in [1.807, 2.05) is 12.1 Å². The van der Waals surface area contributed by atoms with Crippen molar-refractivity contribution in [2.75, 3.05) is 32.8 Å². The van der Waals surface area contributed by atoms with Crippen molar-refractivity contribution in [2.45, 2.75) is 32.7 Å². The standard InChI is InChI=1S/C16H25ClN2O/c1-3-19(4-2)11-6-10-18-15-9-12-20-16-13(15)7-5-8-14(16)17/h5,7-8,15,18H,3-4,6,9-12H2,1-2H3. The third-order valence-corrected chi connectivity index (χ3v) is 4.26. The summed E-state index contributed by atoms with van der Waals surface area (Å²) in [7, 11) is 0. The lowest BCUT2D eigenvalue weighted by Crippen LogP contribution is -2.31. The van der Waals surface area contributed by atoms with Crippen molar-refractivity contribution < 1.29 is 4.74 Å². The monoisotopic (exact) mass is 296 g/mol. The fraction of sp³-hybridized carbons (Fsp3) is 0.625. The van der Waals surface area contributed by atoms with Gasteiger partial charge in [-0.15, -0.1) is 0 Å². The molecule has 1 aromatic carbocycles. The number of rotatable bonds is 7. The van der Waals surface area contributed by atoms with E-state index in [0.29, 0.717) is 6.04 Å². The number of para-hydroxylation sites is 1. The number of hydrogen-bond donors (Lipinski definition) is 1. The number of ether oxygens (including phenoxy) is 1. The summed E-state index contributed by atoms with van der Waals surface area (Å²) in [5.41, 5.74) is 1.20. The summed E-state index contributed by atoms with van der Waals surface area (Å²) in [6.07, 6.45) is 2.19. The van der Waals surface area contributed by atoms with Gasteiger partial charge in [0.15, 0.2) is 0 Å². The van der Waals surface area contributed by atoms with Crippen LogP contribution >= 0.6 is 11.6 Å². The van der Waals surface area contributed by atoms with Gasteiger partial charge >= 0.3 is 0 Å². The van der Waals surface area contributed by atoms with Crippen LogP contribution in [0.1, 0.15) is 38.3 Å². The average molecular weight is 297 g/mol. The molecule has 0 aromatic heterocycles. The predicted octanol–water partition coefficient (Wildman–Crippen LogP) is 3.49. The van der Waals surface area contributed by atoms with Crippen LogP contribution in [0.3, 0.4) is 0 Å². The molecule has 1 aromatic rings. The fourth-order valence-electron chi connectivity index (χ4n) is 2.72. The third kappa shape index (κ3) is 3.87. The maximum atomic E-state index is 6.19. The molecule has 0 amide bonds. The molecule has 4 heteroatoms. The first-order chi connectivity index (χ1) is 9.76. The molecule has 1 heterocycles. The number of nitrogens with zero attached hydrogens (tertiary/aromatic N) is 1. The molecule has 0 saturated heterocycles. The van der Waals surface area contributed by atoms with Crippen LogP contribution in [0.15, 0.2) is 18.2 Å². The lowest BCUT2D eigenvalue weighted by molar-refractivity contribution is 0.248. The average Bonchev–Trinajstić information content (AvgIpc) is 2.48. The van der Waals surface area contributed by atoms with Crippen LogP contribution in [-0.2, 0) is 0 Å². The molecule has 1 atom stereocenters. The lowest BCUT2D eigenvalue weighted by atomic mass is 10.0. The second kappa shape index (κ2) is 7.87. The minimum absolute atomic E-state index is 0.370. The molecule has 0 spiro atoms. The topological polar surface area (TPSA) is 24.5 Å². The highest BCUT2D eigenvalue weighted by Gasteiger charge is 2.22. The Morgan fingerprint density at radius 2 is 2.15 bits per heavy atom. The molecule has 0 bridgehead atoms. The van der Waals surface area contributed by atoms with Crippen LogP contribution in [-0.4, -0.2) is 37.7 Å². The maximum absolute atomic E-state index is 6.19. The van der Waals surface area contributed by atoms with E-state index in [1.165, 1.54) is 12.0 Å². The number of fused-ring (bicyclic) bond motifs is 1. The van der Waals surface area contributed by atoms with E-state index < -0.39 is 0 Å². The van der Waals surface area contributed by atoms with E-state index in [1.54, 1.807) is 0 Å². The van der Waals surface area contributed by atoms with Gasteiger partial charge in [0.2, 0.25) is 0 Å². The highest BCUT2D eigenvalue weighted by molar-refractivity contribution is 6.32. The second-order valence-corrected chi connectivity index (χ2v) is 5.59. The SMILES string of the molecule is CCN(CC)CCCNC1CCOc2c(Cl)cccc21. The molecule has 20 heavy (non-hydrogen) atoms. The Kier molecular flexibility index (Phi) is 6.14. The molecule has 1 N–H and O–H groups in total. The van der Waals surface area contributed by atoms with Gasteiger partial charge in [-0.25, -0.2) is 0 Å². The first-order valence-corrected chi connectivity index (χ1v) is 8.01. The van der Waals surface area contributed by atoms with Crippen molar-refractivity contribution in [2.24, 2.45) is 0 Å². The smallest absolute Gasteiger partial charge is 0.142 e. The minimum atomic E-state index is 0.370. The van der Waals surface area contributed by atoms with Crippen LogP contribution in [0.4, 0.5) is 0 Å². The van der Waals surface area contributed by atoms with Gasteiger partial charge in [0.1, 0.15) is 5.75 Å². The van der Waals surface area contributed by atoms with Gasteiger partial charge in [0.25, 0.3) is 0 Å². The van der Waals surface area contributed by atoms with Crippen molar-refractivity contribution in [3.8, 4) is 5.75 Å². The van der Waals surface area contributed by atoms with Crippen molar-refractivity contribution in [1.82, 2.24) is 10.2 Å². The lowest BCUT2D eigenvalue weighted by Gasteiger charge is -2.28. The molecule has 2 rings (SSSR count). The van der Waals surface area contributed by atoms with Crippen LogP contribution in [0.5, 0.6) is 5.75 Å². The van der Waals surface area contributed by atoms with Crippen molar-refractivity contribution in [3.05, 3.63) is 28.8 Å². The molecule has 3 nitrogen and oxygen atoms in total. The minimum Gasteiger partial charge on any atom is -0.492 e. The molecule has 112 valence electrons. The van der Waals surface area contributed by atoms with Gasteiger partial charge in [-0.2, -0.15) is 0 Å². The van der Waals surface area contributed by atoms with E-state index in [0.717, 1.165) is 50.0 Å².